The minimum Gasteiger partial charge on any atom is -0.507 e. The Hall–Kier alpha value is -1.36. The van der Waals surface area contributed by atoms with Gasteiger partial charge in [0.05, 0.1) is 6.21 Å². The van der Waals surface area contributed by atoms with E-state index in [1.807, 2.05) is 26.8 Å². The number of hydrogen-bond acceptors (Lipinski definition) is 3. The highest BCUT2D eigenvalue weighted by molar-refractivity contribution is 9.10. The van der Waals surface area contributed by atoms with Gasteiger partial charge in [0.2, 0.25) is 5.91 Å². The van der Waals surface area contributed by atoms with Crippen molar-refractivity contribution in [3.8, 4) is 5.75 Å². The largest absolute Gasteiger partial charge is 0.507 e. The van der Waals surface area contributed by atoms with Crippen LogP contribution in [0.4, 0.5) is 0 Å². The molecule has 0 unspecified atom stereocenters. The molecule has 2 N–H and O–H groups in total. The summed E-state index contributed by atoms with van der Waals surface area (Å²) in [6.45, 7) is 6.13. The summed E-state index contributed by atoms with van der Waals surface area (Å²) in [5.41, 5.74) is 4.19. The molecule has 0 aromatic heterocycles. The molecular weight excluding hydrogens is 356 g/mol. The molecule has 3 rings (SSSR count). The number of hydrogen-bond donors (Lipinski definition) is 2. The highest BCUT2D eigenvalue weighted by atomic mass is 79.9. The van der Waals surface area contributed by atoms with E-state index < -0.39 is 0 Å². The highest BCUT2D eigenvalue weighted by Gasteiger charge is 2.60. The van der Waals surface area contributed by atoms with E-state index in [2.05, 4.69) is 26.5 Å². The third-order valence-electron chi connectivity index (χ3n) is 5.15. The zero-order chi connectivity index (χ0) is 16.8. The van der Waals surface area contributed by atoms with Gasteiger partial charge in [0.25, 0.3) is 0 Å². The van der Waals surface area contributed by atoms with Gasteiger partial charge in [0.1, 0.15) is 5.75 Å². The van der Waals surface area contributed by atoms with E-state index in [4.69, 9.17) is 0 Å². The van der Waals surface area contributed by atoms with Gasteiger partial charge in [-0.1, -0.05) is 43.1 Å². The number of phenols is 1. The number of carbonyl (C=O) groups excluding carboxylic acids is 1. The van der Waals surface area contributed by atoms with Gasteiger partial charge in [-0.15, -0.1) is 0 Å². The maximum Gasteiger partial charge on any atom is 0.243 e. The van der Waals surface area contributed by atoms with Crippen molar-refractivity contribution in [2.75, 3.05) is 0 Å². The second-order valence-electron chi connectivity index (χ2n) is 7.85. The molecule has 124 valence electrons. The normalized spacial score (nSPS) is 22.2. The van der Waals surface area contributed by atoms with E-state index in [-0.39, 0.29) is 23.0 Å². The maximum atomic E-state index is 12.1. The van der Waals surface area contributed by atoms with Gasteiger partial charge >= 0.3 is 0 Å². The average molecular weight is 379 g/mol. The molecule has 1 spiro atoms. The first kappa shape index (κ1) is 16.5. The van der Waals surface area contributed by atoms with Gasteiger partial charge in [0.15, 0.2) is 0 Å². The minimum absolute atomic E-state index is 0.00600. The Morgan fingerprint density at radius 1 is 1.43 bits per heavy atom. The predicted octanol–water partition coefficient (Wildman–Crippen LogP) is 4.09. The molecule has 23 heavy (non-hydrogen) atoms. The van der Waals surface area contributed by atoms with Crippen molar-refractivity contribution < 1.29 is 9.90 Å². The van der Waals surface area contributed by atoms with Crippen LogP contribution in [0.5, 0.6) is 5.75 Å². The van der Waals surface area contributed by atoms with Crippen molar-refractivity contribution in [1.82, 2.24) is 5.43 Å². The number of hydrazone groups is 1. The second kappa shape index (κ2) is 5.62. The SMILES string of the molecule is CC(C)(C)c1cc(Br)cc(/C=N/NC(=O)[C@@H]2CC23CCC3)c1O. The molecule has 1 aromatic carbocycles. The summed E-state index contributed by atoms with van der Waals surface area (Å²) in [6, 6.07) is 3.71. The van der Waals surface area contributed by atoms with E-state index in [0.717, 1.165) is 16.5 Å². The van der Waals surface area contributed by atoms with Crippen LogP contribution in [0.25, 0.3) is 0 Å². The van der Waals surface area contributed by atoms with Gasteiger partial charge < -0.3 is 5.11 Å². The summed E-state index contributed by atoms with van der Waals surface area (Å²) in [5, 5.41) is 14.5. The number of nitrogens with zero attached hydrogens (tertiary/aromatic N) is 1. The van der Waals surface area contributed by atoms with E-state index in [0.29, 0.717) is 11.0 Å². The number of aromatic hydroxyl groups is 1. The van der Waals surface area contributed by atoms with Crippen molar-refractivity contribution >= 4 is 28.1 Å². The number of phenolic OH excluding ortho intramolecular Hbond substituents is 1. The summed E-state index contributed by atoms with van der Waals surface area (Å²) < 4.78 is 0.878. The van der Waals surface area contributed by atoms with Crippen LogP contribution in [-0.4, -0.2) is 17.2 Å². The minimum atomic E-state index is -0.176. The molecular formula is C18H23BrN2O2. The summed E-state index contributed by atoms with van der Waals surface area (Å²) in [5.74, 6) is 0.349. The number of rotatable bonds is 3. The van der Waals surface area contributed by atoms with Gasteiger partial charge in [-0.2, -0.15) is 5.10 Å². The van der Waals surface area contributed by atoms with Crippen molar-refractivity contribution in [3.63, 3.8) is 0 Å². The topological polar surface area (TPSA) is 61.7 Å². The quantitative estimate of drug-likeness (QED) is 0.614. The Morgan fingerprint density at radius 3 is 2.65 bits per heavy atom. The molecule has 0 bridgehead atoms. The lowest BCUT2D eigenvalue weighted by molar-refractivity contribution is -0.123. The second-order valence-corrected chi connectivity index (χ2v) is 8.76. The smallest absolute Gasteiger partial charge is 0.243 e. The van der Waals surface area contributed by atoms with Crippen LogP contribution in [0, 0.1) is 11.3 Å². The van der Waals surface area contributed by atoms with Gasteiger partial charge in [0, 0.05) is 21.5 Å². The molecule has 0 heterocycles. The molecule has 2 aliphatic carbocycles. The number of carbonyl (C=O) groups is 1. The standard InChI is InChI=1S/C18H23BrN2O2/c1-17(2,3)13-8-12(19)7-11(15(13)22)10-20-21-16(23)14-9-18(14)5-4-6-18/h7-8,10,14,22H,4-6,9H2,1-3H3,(H,21,23)/b20-10+/t14-/m0/s1. The molecule has 0 aliphatic heterocycles. The van der Waals surface area contributed by atoms with Gasteiger partial charge in [-0.05, 0) is 42.2 Å². The number of benzene rings is 1. The molecule has 2 aliphatic rings. The van der Waals surface area contributed by atoms with Crippen LogP contribution < -0.4 is 5.43 Å². The Morgan fingerprint density at radius 2 is 2.13 bits per heavy atom. The molecule has 2 fully saturated rings. The van der Waals surface area contributed by atoms with Crippen molar-refractivity contribution in [2.45, 2.75) is 51.9 Å². The lowest BCUT2D eigenvalue weighted by Crippen LogP contribution is -2.26. The number of halogens is 1. The first-order chi connectivity index (χ1) is 10.7. The van der Waals surface area contributed by atoms with Crippen LogP contribution in [0.1, 0.15) is 57.6 Å². The Balaban J connectivity index is 1.70. The lowest BCUT2D eigenvalue weighted by atomic mass is 9.80. The number of amides is 1. The molecule has 1 aromatic rings. The van der Waals surface area contributed by atoms with Gasteiger partial charge in [-0.25, -0.2) is 5.43 Å². The first-order valence-corrected chi connectivity index (χ1v) is 8.88. The fraction of sp³-hybridized carbons (Fsp3) is 0.556. The summed E-state index contributed by atoms with van der Waals surface area (Å²) >= 11 is 3.47. The van der Waals surface area contributed by atoms with Crippen LogP contribution in [0.2, 0.25) is 0 Å². The summed E-state index contributed by atoms with van der Waals surface area (Å²) in [4.78, 5) is 12.1. The Kier molecular flexibility index (Phi) is 4.03. The fourth-order valence-corrected chi connectivity index (χ4v) is 3.91. The molecule has 0 saturated heterocycles. The van der Waals surface area contributed by atoms with Gasteiger partial charge in [-0.3, -0.25) is 4.79 Å². The predicted molar refractivity (Wildman–Crippen MR) is 94.6 cm³/mol. The van der Waals surface area contributed by atoms with Crippen molar-refractivity contribution in [2.24, 2.45) is 16.4 Å². The zero-order valence-corrected chi connectivity index (χ0v) is 15.4. The average Bonchev–Trinajstić information content (AvgIpc) is 3.16. The molecule has 5 heteroatoms. The molecule has 4 nitrogen and oxygen atoms in total. The Bertz CT molecular complexity index is 672. The zero-order valence-electron chi connectivity index (χ0n) is 13.8. The molecule has 1 atom stereocenters. The van der Waals surface area contributed by atoms with Crippen molar-refractivity contribution in [3.05, 3.63) is 27.7 Å². The Labute approximate surface area is 145 Å². The van der Waals surface area contributed by atoms with Crippen molar-refractivity contribution in [1.29, 1.82) is 0 Å². The van der Waals surface area contributed by atoms with E-state index >= 15 is 0 Å². The van der Waals surface area contributed by atoms with E-state index in [9.17, 15) is 9.90 Å². The van der Waals surface area contributed by atoms with Crippen LogP contribution in [0.3, 0.4) is 0 Å². The van der Waals surface area contributed by atoms with Crippen LogP contribution in [-0.2, 0) is 10.2 Å². The molecule has 0 radical (unpaired) electrons. The highest BCUT2D eigenvalue weighted by Crippen LogP contribution is 2.65. The fourth-order valence-electron chi connectivity index (χ4n) is 3.44. The van der Waals surface area contributed by atoms with E-state index in [1.54, 1.807) is 6.07 Å². The molecule has 2 saturated carbocycles. The summed E-state index contributed by atoms with van der Waals surface area (Å²) in [6.07, 6.45) is 6.12. The van der Waals surface area contributed by atoms with E-state index in [1.165, 1.54) is 25.5 Å². The third-order valence-corrected chi connectivity index (χ3v) is 5.60. The first-order valence-electron chi connectivity index (χ1n) is 8.09. The molecule has 1 amide bonds. The monoisotopic (exact) mass is 378 g/mol. The summed E-state index contributed by atoms with van der Waals surface area (Å²) in [7, 11) is 0. The number of nitrogens with one attached hydrogen (secondary N) is 1. The maximum absolute atomic E-state index is 12.1. The van der Waals surface area contributed by atoms with Crippen LogP contribution >= 0.6 is 15.9 Å². The third kappa shape index (κ3) is 3.16. The lowest BCUT2D eigenvalue weighted by Gasteiger charge is -2.25. The van der Waals surface area contributed by atoms with Crippen LogP contribution in [0.15, 0.2) is 21.7 Å².